The van der Waals surface area contributed by atoms with Gasteiger partial charge in [0.25, 0.3) is 5.91 Å². The van der Waals surface area contributed by atoms with Crippen LogP contribution in [0.2, 0.25) is 0 Å². The van der Waals surface area contributed by atoms with Crippen molar-refractivity contribution in [2.75, 3.05) is 18.4 Å². The number of carbonyl (C=O) groups is 3. The Hall–Kier alpha value is -2.02. The number of thioether (sulfide) groups is 1. The lowest BCUT2D eigenvalue weighted by molar-refractivity contribution is -0.137. The zero-order valence-corrected chi connectivity index (χ0v) is 14.9. The number of fused-ring (bicyclic) bond motifs is 1. The molecule has 0 aromatic heterocycles. The van der Waals surface area contributed by atoms with Crippen molar-refractivity contribution < 1.29 is 19.5 Å². The number of benzene rings is 1. The summed E-state index contributed by atoms with van der Waals surface area (Å²) in [5.74, 6) is -0.997. The van der Waals surface area contributed by atoms with Crippen LogP contribution in [0, 0.1) is 5.92 Å². The SMILES string of the molecule is CC(C)CN(CCC(=O)O)C(=O)c1ccc2c(c1)NC(=O)C(C)S2. The molecule has 24 heavy (non-hydrogen) atoms. The average Bonchev–Trinajstić information content (AvgIpc) is 2.51. The van der Waals surface area contributed by atoms with Crippen LogP contribution in [0.15, 0.2) is 23.1 Å². The smallest absolute Gasteiger partial charge is 0.305 e. The van der Waals surface area contributed by atoms with Gasteiger partial charge in [0.1, 0.15) is 0 Å². The zero-order valence-electron chi connectivity index (χ0n) is 14.0. The van der Waals surface area contributed by atoms with Crippen LogP contribution >= 0.6 is 11.8 Å². The molecule has 1 aliphatic heterocycles. The van der Waals surface area contributed by atoms with Crippen molar-refractivity contribution in [2.45, 2.75) is 37.3 Å². The maximum absolute atomic E-state index is 12.7. The molecule has 130 valence electrons. The van der Waals surface area contributed by atoms with E-state index in [0.717, 1.165) is 4.90 Å². The van der Waals surface area contributed by atoms with Crippen LogP contribution < -0.4 is 5.32 Å². The minimum Gasteiger partial charge on any atom is -0.481 e. The third kappa shape index (κ3) is 4.50. The summed E-state index contributed by atoms with van der Waals surface area (Å²) in [5, 5.41) is 11.5. The largest absolute Gasteiger partial charge is 0.481 e. The summed E-state index contributed by atoms with van der Waals surface area (Å²) in [4.78, 5) is 37.8. The first kappa shape index (κ1) is 18.3. The molecular formula is C17H22N2O4S. The number of carboxylic acid groups (broad SMARTS) is 1. The number of amides is 2. The van der Waals surface area contributed by atoms with E-state index in [4.69, 9.17) is 5.11 Å². The van der Waals surface area contributed by atoms with Crippen LogP contribution in [0.4, 0.5) is 5.69 Å². The Morgan fingerprint density at radius 3 is 2.71 bits per heavy atom. The number of nitrogens with one attached hydrogen (secondary N) is 1. The maximum Gasteiger partial charge on any atom is 0.305 e. The first-order valence-electron chi connectivity index (χ1n) is 7.90. The molecule has 0 bridgehead atoms. The number of carbonyl (C=O) groups excluding carboxylic acids is 2. The van der Waals surface area contributed by atoms with Crippen molar-refractivity contribution in [3.8, 4) is 0 Å². The van der Waals surface area contributed by atoms with E-state index in [-0.39, 0.29) is 35.9 Å². The number of carboxylic acids is 1. The van der Waals surface area contributed by atoms with Crippen molar-refractivity contribution in [1.29, 1.82) is 0 Å². The van der Waals surface area contributed by atoms with Gasteiger partial charge in [-0.05, 0) is 31.0 Å². The van der Waals surface area contributed by atoms with Gasteiger partial charge in [-0.25, -0.2) is 0 Å². The van der Waals surface area contributed by atoms with E-state index in [1.807, 2.05) is 26.8 Å². The molecule has 1 unspecified atom stereocenters. The van der Waals surface area contributed by atoms with E-state index in [0.29, 0.717) is 17.8 Å². The second-order valence-electron chi connectivity index (χ2n) is 6.25. The van der Waals surface area contributed by atoms with Gasteiger partial charge < -0.3 is 15.3 Å². The average molecular weight is 350 g/mol. The molecular weight excluding hydrogens is 328 g/mol. The number of anilines is 1. The zero-order chi connectivity index (χ0) is 17.9. The summed E-state index contributed by atoms with van der Waals surface area (Å²) in [5.41, 5.74) is 1.09. The van der Waals surface area contributed by atoms with E-state index >= 15 is 0 Å². The minimum absolute atomic E-state index is 0.0815. The summed E-state index contributed by atoms with van der Waals surface area (Å²) in [6.45, 7) is 6.44. The van der Waals surface area contributed by atoms with Crippen molar-refractivity contribution in [2.24, 2.45) is 5.92 Å². The number of aliphatic carboxylic acids is 1. The first-order valence-corrected chi connectivity index (χ1v) is 8.78. The van der Waals surface area contributed by atoms with Gasteiger partial charge in [-0.2, -0.15) is 0 Å². The summed E-state index contributed by atoms with van der Waals surface area (Å²) < 4.78 is 0. The first-order chi connectivity index (χ1) is 11.3. The fourth-order valence-corrected chi connectivity index (χ4v) is 3.40. The predicted molar refractivity (Wildman–Crippen MR) is 93.4 cm³/mol. The van der Waals surface area contributed by atoms with E-state index in [2.05, 4.69) is 5.32 Å². The van der Waals surface area contributed by atoms with Gasteiger partial charge in [0.05, 0.1) is 17.4 Å². The lowest BCUT2D eigenvalue weighted by Gasteiger charge is -2.26. The molecule has 1 aromatic carbocycles. The van der Waals surface area contributed by atoms with Crippen LogP contribution in [-0.4, -0.2) is 46.1 Å². The van der Waals surface area contributed by atoms with Crippen LogP contribution in [0.3, 0.4) is 0 Å². The van der Waals surface area contributed by atoms with E-state index in [1.165, 1.54) is 11.8 Å². The van der Waals surface area contributed by atoms with Crippen LogP contribution in [0.5, 0.6) is 0 Å². The number of hydrogen-bond donors (Lipinski definition) is 2. The van der Waals surface area contributed by atoms with Crippen LogP contribution in [0.25, 0.3) is 0 Å². The van der Waals surface area contributed by atoms with Crippen molar-refractivity contribution in [3.05, 3.63) is 23.8 Å². The Bertz CT molecular complexity index is 660. The molecule has 2 amide bonds. The normalized spacial score (nSPS) is 16.5. The molecule has 0 saturated carbocycles. The second-order valence-corrected chi connectivity index (χ2v) is 7.63. The molecule has 0 radical (unpaired) electrons. The van der Waals surface area contributed by atoms with E-state index in [9.17, 15) is 14.4 Å². The molecule has 0 fully saturated rings. The molecule has 2 rings (SSSR count). The summed E-state index contributed by atoms with van der Waals surface area (Å²) in [6, 6.07) is 5.23. The molecule has 2 N–H and O–H groups in total. The Morgan fingerprint density at radius 1 is 1.38 bits per heavy atom. The number of rotatable bonds is 6. The Morgan fingerprint density at radius 2 is 2.08 bits per heavy atom. The number of hydrogen-bond acceptors (Lipinski definition) is 4. The van der Waals surface area contributed by atoms with Crippen molar-refractivity contribution >= 4 is 35.2 Å². The van der Waals surface area contributed by atoms with E-state index < -0.39 is 5.97 Å². The quantitative estimate of drug-likeness (QED) is 0.824. The van der Waals surface area contributed by atoms with Crippen molar-refractivity contribution in [3.63, 3.8) is 0 Å². The van der Waals surface area contributed by atoms with Gasteiger partial charge in [-0.3, -0.25) is 14.4 Å². The summed E-state index contributed by atoms with van der Waals surface area (Å²) in [7, 11) is 0. The van der Waals surface area contributed by atoms with Gasteiger partial charge in [-0.15, -0.1) is 11.8 Å². The van der Waals surface area contributed by atoms with Gasteiger partial charge in [0, 0.05) is 23.5 Å². The van der Waals surface area contributed by atoms with Gasteiger partial charge in [0.15, 0.2) is 0 Å². The maximum atomic E-state index is 12.7. The Labute approximate surface area is 145 Å². The number of nitrogens with zero attached hydrogens (tertiary/aromatic N) is 1. The molecule has 1 heterocycles. The second kappa shape index (κ2) is 7.70. The highest BCUT2D eigenvalue weighted by Gasteiger charge is 2.25. The predicted octanol–water partition coefficient (Wildman–Crippen LogP) is 2.69. The van der Waals surface area contributed by atoms with Crippen LogP contribution in [-0.2, 0) is 9.59 Å². The molecule has 6 nitrogen and oxygen atoms in total. The standard InChI is InChI=1S/C17H22N2O4S/c1-10(2)9-19(7-6-15(20)21)17(23)12-4-5-14-13(8-12)18-16(22)11(3)24-14/h4-5,8,10-11H,6-7,9H2,1-3H3,(H,18,22)(H,20,21). The highest BCUT2D eigenvalue weighted by atomic mass is 32.2. The summed E-state index contributed by atoms with van der Waals surface area (Å²) >= 11 is 1.46. The summed E-state index contributed by atoms with van der Waals surface area (Å²) in [6.07, 6.45) is -0.0898. The molecule has 0 spiro atoms. The van der Waals surface area contributed by atoms with E-state index in [1.54, 1.807) is 17.0 Å². The van der Waals surface area contributed by atoms with Gasteiger partial charge in [0.2, 0.25) is 5.91 Å². The lowest BCUT2D eigenvalue weighted by Crippen LogP contribution is -2.36. The Kier molecular flexibility index (Phi) is 5.88. The Balaban J connectivity index is 2.21. The monoisotopic (exact) mass is 350 g/mol. The molecule has 0 aliphatic carbocycles. The highest BCUT2D eigenvalue weighted by Crippen LogP contribution is 2.36. The molecule has 1 atom stereocenters. The highest BCUT2D eigenvalue weighted by molar-refractivity contribution is 8.00. The third-order valence-electron chi connectivity index (χ3n) is 3.63. The third-order valence-corrected chi connectivity index (χ3v) is 4.80. The molecule has 1 aliphatic rings. The topological polar surface area (TPSA) is 86.7 Å². The fraction of sp³-hybridized carbons (Fsp3) is 0.471. The molecule has 1 aromatic rings. The minimum atomic E-state index is -0.931. The van der Waals surface area contributed by atoms with Gasteiger partial charge in [-0.1, -0.05) is 13.8 Å². The van der Waals surface area contributed by atoms with Gasteiger partial charge >= 0.3 is 5.97 Å². The van der Waals surface area contributed by atoms with Crippen molar-refractivity contribution in [1.82, 2.24) is 4.90 Å². The lowest BCUT2D eigenvalue weighted by atomic mass is 10.1. The fourth-order valence-electron chi connectivity index (χ4n) is 2.47. The molecule has 0 saturated heterocycles. The van der Waals surface area contributed by atoms with Crippen LogP contribution in [0.1, 0.15) is 37.6 Å². The molecule has 7 heteroatoms.